The predicted octanol–water partition coefficient (Wildman–Crippen LogP) is 5.66. The van der Waals surface area contributed by atoms with Crippen LogP contribution in [0.15, 0.2) is 29.4 Å². The lowest BCUT2D eigenvalue weighted by Gasteiger charge is -2.55. The number of carbonyl (C=O) groups is 2. The Morgan fingerprint density at radius 2 is 1.73 bits per heavy atom. The Labute approximate surface area is 224 Å². The van der Waals surface area contributed by atoms with Crippen molar-refractivity contribution in [3.63, 3.8) is 0 Å². The van der Waals surface area contributed by atoms with E-state index in [1.807, 2.05) is 31.2 Å². The van der Waals surface area contributed by atoms with E-state index in [2.05, 4.69) is 25.4 Å². The molecular formula is C29H39N5O2S. The van der Waals surface area contributed by atoms with Crippen LogP contribution < -0.4 is 10.6 Å². The number of aromatic nitrogens is 3. The highest BCUT2D eigenvalue weighted by Gasteiger charge is 2.54. The molecule has 5 aliphatic rings. The molecule has 0 radical (unpaired) electrons. The number of anilines is 1. The normalized spacial score (nSPS) is 28.8. The van der Waals surface area contributed by atoms with Gasteiger partial charge >= 0.3 is 0 Å². The molecule has 5 aliphatic carbocycles. The van der Waals surface area contributed by atoms with E-state index in [1.165, 1.54) is 50.3 Å². The largest absolute Gasteiger partial charge is 0.348 e. The molecule has 0 saturated heterocycles. The first kappa shape index (κ1) is 25.0. The molecule has 2 amide bonds. The maximum Gasteiger partial charge on any atom is 0.234 e. The molecule has 0 atom stereocenters. The number of hydrogen-bond donors (Lipinski definition) is 2. The van der Waals surface area contributed by atoms with Gasteiger partial charge in [0.05, 0.1) is 12.3 Å². The molecule has 2 aromatic rings. The lowest BCUT2D eigenvalue weighted by molar-refractivity contribution is -0.146. The highest BCUT2D eigenvalue weighted by atomic mass is 32.2. The summed E-state index contributed by atoms with van der Waals surface area (Å²) in [5.41, 5.74) is 1.77. The van der Waals surface area contributed by atoms with Crippen LogP contribution in [0.25, 0.3) is 0 Å². The van der Waals surface area contributed by atoms with E-state index in [-0.39, 0.29) is 23.0 Å². The molecule has 5 saturated carbocycles. The fraction of sp³-hybridized carbons (Fsp3) is 0.655. The minimum Gasteiger partial charge on any atom is -0.348 e. The summed E-state index contributed by atoms with van der Waals surface area (Å²) < 4.78 is 2.23. The predicted molar refractivity (Wildman–Crippen MR) is 145 cm³/mol. The van der Waals surface area contributed by atoms with E-state index in [9.17, 15) is 9.59 Å². The Morgan fingerprint density at radius 1 is 1.03 bits per heavy atom. The van der Waals surface area contributed by atoms with Gasteiger partial charge in [0.25, 0.3) is 0 Å². The molecule has 198 valence electrons. The van der Waals surface area contributed by atoms with E-state index in [0.29, 0.717) is 12.6 Å². The van der Waals surface area contributed by atoms with Gasteiger partial charge in [-0.25, -0.2) is 0 Å². The molecular weight excluding hydrogens is 482 g/mol. The first-order chi connectivity index (χ1) is 18.0. The molecule has 2 N–H and O–H groups in total. The highest BCUT2D eigenvalue weighted by Crippen LogP contribution is 2.60. The van der Waals surface area contributed by atoms with Crippen molar-refractivity contribution in [2.45, 2.75) is 95.3 Å². The molecule has 0 unspecified atom stereocenters. The third-order valence-corrected chi connectivity index (χ3v) is 10.2. The van der Waals surface area contributed by atoms with Crippen molar-refractivity contribution in [1.82, 2.24) is 20.1 Å². The number of thioether (sulfide) groups is 1. The van der Waals surface area contributed by atoms with Gasteiger partial charge in [0, 0.05) is 17.1 Å². The Balaban J connectivity index is 1.13. The maximum atomic E-state index is 13.6. The molecule has 1 aromatic heterocycles. The summed E-state index contributed by atoms with van der Waals surface area (Å²) in [6.07, 6.45) is 13.0. The smallest absolute Gasteiger partial charge is 0.234 e. The first-order valence-corrected chi connectivity index (χ1v) is 15.2. The molecule has 7 nitrogen and oxygen atoms in total. The summed E-state index contributed by atoms with van der Waals surface area (Å²) in [7, 11) is 0. The van der Waals surface area contributed by atoms with Gasteiger partial charge < -0.3 is 15.2 Å². The summed E-state index contributed by atoms with van der Waals surface area (Å²) in [6.45, 7) is 2.43. The van der Waals surface area contributed by atoms with E-state index in [1.54, 1.807) is 0 Å². The number of aryl methyl sites for hydroxylation is 1. The third-order valence-electron chi connectivity index (χ3n) is 9.24. The fourth-order valence-electron chi connectivity index (χ4n) is 8.02. The minimum atomic E-state index is -0.157. The van der Waals surface area contributed by atoms with Gasteiger partial charge in [-0.1, -0.05) is 43.2 Å². The van der Waals surface area contributed by atoms with Crippen molar-refractivity contribution in [2.24, 2.45) is 23.2 Å². The molecule has 37 heavy (non-hydrogen) atoms. The van der Waals surface area contributed by atoms with Crippen molar-refractivity contribution in [3.05, 3.63) is 35.7 Å². The summed E-state index contributed by atoms with van der Waals surface area (Å²) in [5.74, 6) is 3.53. The molecule has 0 spiro atoms. The molecule has 8 heteroatoms. The van der Waals surface area contributed by atoms with Crippen molar-refractivity contribution >= 4 is 29.3 Å². The summed E-state index contributed by atoms with van der Waals surface area (Å²) in [5, 5.41) is 16.1. The highest BCUT2D eigenvalue weighted by molar-refractivity contribution is 7.99. The van der Waals surface area contributed by atoms with Crippen LogP contribution >= 0.6 is 11.8 Å². The zero-order valence-electron chi connectivity index (χ0n) is 21.9. The Morgan fingerprint density at radius 3 is 2.41 bits per heavy atom. The molecule has 1 heterocycles. The minimum absolute atomic E-state index is 0.0505. The number of carbonyl (C=O) groups excluding carboxylic acids is 2. The molecule has 4 bridgehead atoms. The fourth-order valence-corrected chi connectivity index (χ4v) is 8.84. The Kier molecular flexibility index (Phi) is 7.03. The number of rotatable bonds is 8. The van der Waals surface area contributed by atoms with Crippen molar-refractivity contribution < 1.29 is 9.59 Å². The zero-order chi connectivity index (χ0) is 25.4. The number of nitrogens with one attached hydrogen (secondary N) is 2. The third kappa shape index (κ3) is 5.31. The van der Waals surface area contributed by atoms with Crippen LogP contribution in [0.1, 0.15) is 88.1 Å². The van der Waals surface area contributed by atoms with E-state index in [4.69, 9.17) is 0 Å². The van der Waals surface area contributed by atoms with Crippen molar-refractivity contribution in [3.8, 4) is 0 Å². The van der Waals surface area contributed by atoms with Crippen LogP contribution in [0.4, 0.5) is 5.69 Å². The lowest BCUT2D eigenvalue weighted by atomic mass is 9.49. The van der Waals surface area contributed by atoms with E-state index >= 15 is 0 Å². The number of nitrogens with zero attached hydrogens (tertiary/aromatic N) is 3. The second-order valence-electron chi connectivity index (χ2n) is 12.1. The van der Waals surface area contributed by atoms with E-state index < -0.39 is 0 Å². The van der Waals surface area contributed by atoms with Crippen molar-refractivity contribution in [1.29, 1.82) is 0 Å². The molecule has 5 fully saturated rings. The SMILES string of the molecule is Cc1cccc(NC(=O)CSc2nnc(CNC(=O)C34CC5CC(CC(C5)C3)C4)n2C2CCCCC2)c1. The Hall–Kier alpha value is -2.35. The summed E-state index contributed by atoms with van der Waals surface area (Å²) in [6, 6.07) is 8.17. The average molecular weight is 522 g/mol. The van der Waals surface area contributed by atoms with Gasteiger partial charge in [-0.05, 0) is 93.7 Å². The second-order valence-corrected chi connectivity index (χ2v) is 13.1. The second kappa shape index (κ2) is 10.4. The number of amides is 2. The summed E-state index contributed by atoms with van der Waals surface area (Å²) in [4.78, 5) is 26.2. The van der Waals surface area contributed by atoms with Crippen LogP contribution in [0.2, 0.25) is 0 Å². The molecule has 0 aliphatic heterocycles. The van der Waals surface area contributed by atoms with Crippen LogP contribution in [0, 0.1) is 30.1 Å². The number of hydrogen-bond acceptors (Lipinski definition) is 5. The van der Waals surface area contributed by atoms with Crippen molar-refractivity contribution in [2.75, 3.05) is 11.1 Å². The van der Waals surface area contributed by atoms with Gasteiger partial charge in [-0.3, -0.25) is 9.59 Å². The van der Waals surface area contributed by atoms with Gasteiger partial charge in [-0.15, -0.1) is 10.2 Å². The van der Waals surface area contributed by atoms with Gasteiger partial charge in [0.15, 0.2) is 11.0 Å². The molecule has 7 rings (SSSR count). The van der Waals surface area contributed by atoms with Gasteiger partial charge in [0.2, 0.25) is 11.8 Å². The molecule has 1 aromatic carbocycles. The van der Waals surface area contributed by atoms with E-state index in [0.717, 1.165) is 72.1 Å². The zero-order valence-corrected chi connectivity index (χ0v) is 22.7. The summed E-state index contributed by atoms with van der Waals surface area (Å²) >= 11 is 1.44. The van der Waals surface area contributed by atoms with Gasteiger partial charge in [-0.2, -0.15) is 0 Å². The quantitative estimate of drug-likeness (QED) is 0.438. The van der Waals surface area contributed by atoms with Crippen LogP contribution in [0.3, 0.4) is 0 Å². The Bertz CT molecular complexity index is 1120. The van der Waals surface area contributed by atoms with Crippen LogP contribution in [0.5, 0.6) is 0 Å². The first-order valence-electron chi connectivity index (χ1n) is 14.2. The topological polar surface area (TPSA) is 88.9 Å². The maximum absolute atomic E-state index is 13.6. The van der Waals surface area contributed by atoms with Crippen LogP contribution in [-0.2, 0) is 16.1 Å². The van der Waals surface area contributed by atoms with Crippen LogP contribution in [-0.4, -0.2) is 32.3 Å². The number of benzene rings is 1. The standard InChI is InChI=1S/C29H39N5O2S/c1-19-6-5-7-23(10-19)31-26(35)18-37-28-33-32-25(34(28)24-8-3-2-4-9-24)17-30-27(36)29-14-20-11-21(15-29)13-22(12-20)16-29/h5-7,10,20-22,24H,2-4,8-9,11-18H2,1H3,(H,30,36)(H,31,35). The van der Waals surface area contributed by atoms with Gasteiger partial charge in [0.1, 0.15) is 0 Å². The lowest BCUT2D eigenvalue weighted by Crippen LogP contribution is -2.53. The average Bonchev–Trinajstić information content (AvgIpc) is 3.28. The monoisotopic (exact) mass is 521 g/mol.